The number of aryl methyl sites for hydroxylation is 2. The lowest BCUT2D eigenvalue weighted by atomic mass is 10.2. The number of aromatic nitrogens is 4. The van der Waals surface area contributed by atoms with Gasteiger partial charge in [0.1, 0.15) is 5.52 Å². The fourth-order valence-corrected chi connectivity index (χ4v) is 4.22. The largest absolute Gasteiger partial charge is 0.328 e. The average Bonchev–Trinajstić information content (AvgIpc) is 2.96. The second-order valence-electron chi connectivity index (χ2n) is 5.55. The summed E-state index contributed by atoms with van der Waals surface area (Å²) in [6, 6.07) is 0. The topological polar surface area (TPSA) is 41.8 Å². The molecule has 2 aromatic heterocycles. The van der Waals surface area contributed by atoms with E-state index in [4.69, 9.17) is 12.2 Å². The van der Waals surface area contributed by atoms with Crippen LogP contribution in [0.15, 0.2) is 0 Å². The van der Waals surface area contributed by atoms with Crippen molar-refractivity contribution in [2.75, 3.05) is 31.1 Å². The van der Waals surface area contributed by atoms with Crippen LogP contribution >= 0.6 is 24.0 Å². The van der Waals surface area contributed by atoms with E-state index in [1.54, 1.807) is 0 Å². The molecule has 0 radical (unpaired) electrons. The SMILES string of the molecule is CCCc1nn(C)c2c1[nH]c(=S)n2CCN1CCSCC1. The summed E-state index contributed by atoms with van der Waals surface area (Å²) >= 11 is 7.57. The minimum absolute atomic E-state index is 0.821. The zero-order chi connectivity index (χ0) is 14.8. The van der Waals surface area contributed by atoms with Gasteiger partial charge in [0.15, 0.2) is 10.4 Å². The Hall–Kier alpha value is -0.790. The molecular formula is C14H23N5S2. The molecular weight excluding hydrogens is 302 g/mol. The number of thioether (sulfide) groups is 1. The van der Waals surface area contributed by atoms with Gasteiger partial charge in [0.05, 0.1) is 5.69 Å². The fourth-order valence-electron chi connectivity index (χ4n) is 2.96. The van der Waals surface area contributed by atoms with E-state index in [9.17, 15) is 0 Å². The normalized spacial score (nSPS) is 16.9. The highest BCUT2D eigenvalue weighted by atomic mass is 32.2. The van der Waals surface area contributed by atoms with Crippen molar-refractivity contribution in [2.24, 2.45) is 7.05 Å². The number of nitrogens with zero attached hydrogens (tertiary/aromatic N) is 4. The first-order valence-electron chi connectivity index (χ1n) is 7.65. The molecule has 1 saturated heterocycles. The predicted molar refractivity (Wildman–Crippen MR) is 91.6 cm³/mol. The maximum absolute atomic E-state index is 5.52. The van der Waals surface area contributed by atoms with E-state index in [1.807, 2.05) is 23.5 Å². The van der Waals surface area contributed by atoms with Gasteiger partial charge in [-0.05, 0) is 18.6 Å². The molecule has 1 N–H and O–H groups in total. The summed E-state index contributed by atoms with van der Waals surface area (Å²) in [4.78, 5) is 5.89. The zero-order valence-corrected chi connectivity index (χ0v) is 14.4. The minimum atomic E-state index is 0.821. The van der Waals surface area contributed by atoms with Gasteiger partial charge >= 0.3 is 0 Å². The van der Waals surface area contributed by atoms with Crippen LogP contribution in [0.3, 0.4) is 0 Å². The molecule has 1 aliphatic heterocycles. The molecule has 5 nitrogen and oxygen atoms in total. The number of aromatic amines is 1. The van der Waals surface area contributed by atoms with Crippen LogP contribution in [0.4, 0.5) is 0 Å². The summed E-state index contributed by atoms with van der Waals surface area (Å²) in [6.07, 6.45) is 2.10. The van der Waals surface area contributed by atoms with Crippen molar-refractivity contribution < 1.29 is 0 Å². The molecule has 7 heteroatoms. The molecule has 1 fully saturated rings. The highest BCUT2D eigenvalue weighted by molar-refractivity contribution is 7.99. The van der Waals surface area contributed by atoms with E-state index in [0.717, 1.165) is 47.6 Å². The molecule has 0 aliphatic carbocycles. The Morgan fingerprint density at radius 1 is 1.29 bits per heavy atom. The molecule has 21 heavy (non-hydrogen) atoms. The Morgan fingerprint density at radius 3 is 2.76 bits per heavy atom. The summed E-state index contributed by atoms with van der Waals surface area (Å²) in [6.45, 7) is 6.57. The molecule has 0 bridgehead atoms. The van der Waals surface area contributed by atoms with Gasteiger partial charge in [-0.2, -0.15) is 16.9 Å². The third kappa shape index (κ3) is 3.05. The van der Waals surface area contributed by atoms with Gasteiger partial charge in [0, 0.05) is 44.7 Å². The van der Waals surface area contributed by atoms with Crippen LogP contribution in [0.25, 0.3) is 11.2 Å². The van der Waals surface area contributed by atoms with Crippen LogP contribution in [0, 0.1) is 4.77 Å². The van der Waals surface area contributed by atoms with Crippen molar-refractivity contribution in [1.29, 1.82) is 0 Å². The standard InChI is InChI=1S/C14H23N5S2/c1-3-4-11-12-13(17(2)16-11)19(14(20)15-12)6-5-18-7-9-21-10-8-18/h3-10H2,1-2H3,(H,15,20). The van der Waals surface area contributed by atoms with E-state index in [1.165, 1.54) is 24.6 Å². The maximum Gasteiger partial charge on any atom is 0.179 e. The molecule has 0 saturated carbocycles. The van der Waals surface area contributed by atoms with Crippen LogP contribution in [0.1, 0.15) is 19.0 Å². The van der Waals surface area contributed by atoms with E-state index in [2.05, 4.69) is 26.5 Å². The zero-order valence-electron chi connectivity index (χ0n) is 12.8. The van der Waals surface area contributed by atoms with Crippen molar-refractivity contribution in [3.05, 3.63) is 10.5 Å². The Bertz CT molecular complexity index is 663. The lowest BCUT2D eigenvalue weighted by molar-refractivity contribution is 0.289. The van der Waals surface area contributed by atoms with Gasteiger partial charge in [-0.15, -0.1) is 0 Å². The first-order valence-corrected chi connectivity index (χ1v) is 9.21. The summed E-state index contributed by atoms with van der Waals surface area (Å²) in [5.74, 6) is 2.50. The number of fused-ring (bicyclic) bond motifs is 1. The monoisotopic (exact) mass is 325 g/mol. The van der Waals surface area contributed by atoms with E-state index >= 15 is 0 Å². The summed E-state index contributed by atoms with van der Waals surface area (Å²) < 4.78 is 5.00. The number of H-pyrrole nitrogens is 1. The van der Waals surface area contributed by atoms with E-state index < -0.39 is 0 Å². The number of imidazole rings is 1. The highest BCUT2D eigenvalue weighted by Crippen LogP contribution is 2.19. The Balaban J connectivity index is 1.84. The van der Waals surface area contributed by atoms with Crippen LogP contribution in [-0.4, -0.2) is 55.4 Å². The smallest absolute Gasteiger partial charge is 0.179 e. The maximum atomic E-state index is 5.52. The lowest BCUT2D eigenvalue weighted by Gasteiger charge is -2.26. The molecule has 0 aromatic carbocycles. The van der Waals surface area contributed by atoms with Crippen LogP contribution in [0.5, 0.6) is 0 Å². The molecule has 3 heterocycles. The lowest BCUT2D eigenvalue weighted by Crippen LogP contribution is -2.35. The molecule has 0 amide bonds. The van der Waals surface area contributed by atoms with Gasteiger partial charge < -0.3 is 9.55 Å². The summed E-state index contributed by atoms with van der Waals surface area (Å²) in [5.41, 5.74) is 3.39. The van der Waals surface area contributed by atoms with Crippen molar-refractivity contribution >= 4 is 35.1 Å². The predicted octanol–water partition coefficient (Wildman–Crippen LogP) is 2.43. The number of nitrogens with one attached hydrogen (secondary N) is 1. The molecule has 0 spiro atoms. The second-order valence-corrected chi connectivity index (χ2v) is 7.17. The van der Waals surface area contributed by atoms with Crippen molar-refractivity contribution in [1.82, 2.24) is 24.2 Å². The fraction of sp³-hybridized carbons (Fsp3) is 0.714. The van der Waals surface area contributed by atoms with Gasteiger partial charge in [-0.3, -0.25) is 9.58 Å². The molecule has 3 rings (SSSR count). The number of hydrogen-bond donors (Lipinski definition) is 1. The highest BCUT2D eigenvalue weighted by Gasteiger charge is 2.16. The van der Waals surface area contributed by atoms with Crippen molar-refractivity contribution in [3.8, 4) is 0 Å². The van der Waals surface area contributed by atoms with Crippen LogP contribution in [-0.2, 0) is 20.0 Å². The number of hydrogen-bond acceptors (Lipinski definition) is 4. The van der Waals surface area contributed by atoms with E-state index in [-0.39, 0.29) is 0 Å². The second kappa shape index (κ2) is 6.54. The van der Waals surface area contributed by atoms with Crippen LogP contribution in [0.2, 0.25) is 0 Å². The quantitative estimate of drug-likeness (QED) is 0.858. The molecule has 116 valence electrons. The Morgan fingerprint density at radius 2 is 2.05 bits per heavy atom. The van der Waals surface area contributed by atoms with Gasteiger partial charge in [-0.25, -0.2) is 0 Å². The molecule has 0 unspecified atom stereocenters. The van der Waals surface area contributed by atoms with Gasteiger partial charge in [0.2, 0.25) is 0 Å². The first kappa shape index (κ1) is 15.1. The Labute approximate surface area is 134 Å². The van der Waals surface area contributed by atoms with Gasteiger partial charge in [0.25, 0.3) is 0 Å². The third-order valence-corrected chi connectivity index (χ3v) is 5.32. The van der Waals surface area contributed by atoms with Gasteiger partial charge in [-0.1, -0.05) is 13.3 Å². The third-order valence-electron chi connectivity index (χ3n) is 4.05. The number of rotatable bonds is 5. The Kier molecular flexibility index (Phi) is 4.71. The van der Waals surface area contributed by atoms with Crippen molar-refractivity contribution in [3.63, 3.8) is 0 Å². The molecule has 0 atom stereocenters. The van der Waals surface area contributed by atoms with Crippen LogP contribution < -0.4 is 0 Å². The van der Waals surface area contributed by atoms with E-state index in [0.29, 0.717) is 0 Å². The summed E-state index contributed by atoms with van der Waals surface area (Å²) in [5, 5.41) is 4.64. The average molecular weight is 326 g/mol. The minimum Gasteiger partial charge on any atom is -0.328 e. The molecule has 2 aromatic rings. The molecule has 1 aliphatic rings. The van der Waals surface area contributed by atoms with Crippen molar-refractivity contribution in [2.45, 2.75) is 26.3 Å². The first-order chi connectivity index (χ1) is 10.2. The summed E-state index contributed by atoms with van der Waals surface area (Å²) in [7, 11) is 2.01.